The SMILES string of the molecule is CCC(CC)C1CC(NS(=O)(=O)CC)CCO1. The molecule has 102 valence electrons. The van der Waals surface area contributed by atoms with Crippen LogP contribution in [0.2, 0.25) is 0 Å². The van der Waals surface area contributed by atoms with Gasteiger partial charge in [-0.15, -0.1) is 0 Å². The van der Waals surface area contributed by atoms with E-state index >= 15 is 0 Å². The average molecular weight is 263 g/mol. The van der Waals surface area contributed by atoms with Gasteiger partial charge in [-0.3, -0.25) is 0 Å². The van der Waals surface area contributed by atoms with Crippen LogP contribution in [-0.2, 0) is 14.8 Å². The van der Waals surface area contributed by atoms with Crippen LogP contribution >= 0.6 is 0 Å². The first-order valence-corrected chi connectivity index (χ1v) is 8.29. The molecule has 0 amide bonds. The fourth-order valence-electron chi connectivity index (χ4n) is 2.42. The second-order valence-corrected chi connectivity index (χ2v) is 6.77. The lowest BCUT2D eigenvalue weighted by molar-refractivity contribution is -0.0318. The van der Waals surface area contributed by atoms with Gasteiger partial charge in [0.15, 0.2) is 0 Å². The van der Waals surface area contributed by atoms with Crippen LogP contribution < -0.4 is 4.72 Å². The van der Waals surface area contributed by atoms with Gasteiger partial charge in [-0.05, 0) is 25.7 Å². The van der Waals surface area contributed by atoms with Crippen LogP contribution in [-0.4, -0.2) is 32.9 Å². The molecule has 0 aromatic carbocycles. The minimum atomic E-state index is -3.09. The summed E-state index contributed by atoms with van der Waals surface area (Å²) in [7, 11) is -3.09. The minimum absolute atomic E-state index is 0.0549. The molecule has 1 aliphatic rings. The zero-order valence-electron chi connectivity index (χ0n) is 11.1. The zero-order valence-corrected chi connectivity index (χ0v) is 11.9. The van der Waals surface area contributed by atoms with E-state index in [0.29, 0.717) is 12.5 Å². The van der Waals surface area contributed by atoms with Crippen molar-refractivity contribution in [1.82, 2.24) is 4.72 Å². The maximum atomic E-state index is 11.5. The van der Waals surface area contributed by atoms with Crippen molar-refractivity contribution in [2.45, 2.75) is 58.6 Å². The first-order valence-electron chi connectivity index (χ1n) is 6.64. The van der Waals surface area contributed by atoms with Gasteiger partial charge in [-0.2, -0.15) is 0 Å². The predicted molar refractivity (Wildman–Crippen MR) is 69.4 cm³/mol. The van der Waals surface area contributed by atoms with Crippen molar-refractivity contribution < 1.29 is 13.2 Å². The molecule has 1 fully saturated rings. The van der Waals surface area contributed by atoms with E-state index in [-0.39, 0.29) is 17.9 Å². The van der Waals surface area contributed by atoms with Gasteiger partial charge in [0, 0.05) is 12.6 Å². The van der Waals surface area contributed by atoms with E-state index in [4.69, 9.17) is 4.74 Å². The Morgan fingerprint density at radius 2 is 1.94 bits per heavy atom. The van der Waals surface area contributed by atoms with Gasteiger partial charge < -0.3 is 4.74 Å². The third-order valence-electron chi connectivity index (χ3n) is 3.62. The lowest BCUT2D eigenvalue weighted by atomic mass is 9.89. The number of nitrogens with one attached hydrogen (secondary N) is 1. The molecule has 2 atom stereocenters. The summed E-state index contributed by atoms with van der Waals surface area (Å²) in [6.45, 7) is 6.66. The van der Waals surface area contributed by atoms with Crippen LogP contribution in [0.5, 0.6) is 0 Å². The van der Waals surface area contributed by atoms with Crippen LogP contribution in [0.4, 0.5) is 0 Å². The molecule has 2 unspecified atom stereocenters. The molecule has 0 spiro atoms. The van der Waals surface area contributed by atoms with Gasteiger partial charge in [0.2, 0.25) is 10.0 Å². The summed E-state index contributed by atoms with van der Waals surface area (Å²) in [5.41, 5.74) is 0. The van der Waals surface area contributed by atoms with Crippen molar-refractivity contribution in [2.75, 3.05) is 12.4 Å². The monoisotopic (exact) mass is 263 g/mol. The summed E-state index contributed by atoms with van der Waals surface area (Å²) < 4.78 is 31.6. The average Bonchev–Trinajstić information content (AvgIpc) is 2.31. The topological polar surface area (TPSA) is 55.4 Å². The Balaban J connectivity index is 2.54. The molecule has 0 bridgehead atoms. The number of rotatable bonds is 6. The molecular weight excluding hydrogens is 238 g/mol. The fourth-order valence-corrected chi connectivity index (χ4v) is 3.30. The summed E-state index contributed by atoms with van der Waals surface area (Å²) in [4.78, 5) is 0. The molecule has 1 saturated heterocycles. The predicted octanol–water partition coefficient (Wildman–Crippen LogP) is 1.91. The highest BCUT2D eigenvalue weighted by atomic mass is 32.2. The number of hydrogen-bond donors (Lipinski definition) is 1. The Kier molecular flexibility index (Phi) is 5.89. The molecular formula is C12H25NO3S. The quantitative estimate of drug-likeness (QED) is 0.796. The third kappa shape index (κ3) is 4.56. The molecule has 0 aromatic heterocycles. The van der Waals surface area contributed by atoms with E-state index in [1.165, 1.54) is 0 Å². The van der Waals surface area contributed by atoms with Crippen LogP contribution in [0.1, 0.15) is 46.5 Å². The van der Waals surface area contributed by atoms with E-state index < -0.39 is 10.0 Å². The number of hydrogen-bond acceptors (Lipinski definition) is 3. The lowest BCUT2D eigenvalue weighted by Crippen LogP contribution is -2.44. The zero-order chi connectivity index (χ0) is 12.9. The fraction of sp³-hybridized carbons (Fsp3) is 1.00. The Morgan fingerprint density at radius 3 is 2.47 bits per heavy atom. The maximum Gasteiger partial charge on any atom is 0.211 e. The Labute approximate surface area is 105 Å². The smallest absolute Gasteiger partial charge is 0.211 e. The molecule has 4 nitrogen and oxygen atoms in total. The second-order valence-electron chi connectivity index (χ2n) is 4.73. The van der Waals surface area contributed by atoms with E-state index in [2.05, 4.69) is 18.6 Å². The van der Waals surface area contributed by atoms with Gasteiger partial charge in [0.05, 0.1) is 11.9 Å². The molecule has 0 radical (unpaired) electrons. The second kappa shape index (κ2) is 6.71. The summed E-state index contributed by atoms with van der Waals surface area (Å²) in [5.74, 6) is 0.698. The molecule has 1 N–H and O–H groups in total. The van der Waals surface area contributed by atoms with Crippen LogP contribution in [0, 0.1) is 5.92 Å². The lowest BCUT2D eigenvalue weighted by Gasteiger charge is -2.34. The van der Waals surface area contributed by atoms with E-state index in [0.717, 1.165) is 25.7 Å². The summed E-state index contributed by atoms with van der Waals surface area (Å²) in [6, 6.07) is 0.0549. The van der Waals surface area contributed by atoms with Gasteiger partial charge >= 0.3 is 0 Å². The van der Waals surface area contributed by atoms with Gasteiger partial charge in [0.25, 0.3) is 0 Å². The van der Waals surface area contributed by atoms with Gasteiger partial charge in [-0.25, -0.2) is 13.1 Å². The van der Waals surface area contributed by atoms with Crippen molar-refractivity contribution >= 4 is 10.0 Å². The first-order chi connectivity index (χ1) is 8.02. The van der Waals surface area contributed by atoms with Crippen molar-refractivity contribution in [3.05, 3.63) is 0 Å². The summed E-state index contributed by atoms with van der Waals surface area (Å²) in [6.07, 6.45) is 3.99. The Hall–Kier alpha value is -0.130. The molecule has 1 rings (SSSR count). The van der Waals surface area contributed by atoms with Crippen molar-refractivity contribution in [1.29, 1.82) is 0 Å². The van der Waals surface area contributed by atoms with Crippen molar-refractivity contribution in [2.24, 2.45) is 5.92 Å². The highest BCUT2D eigenvalue weighted by Gasteiger charge is 2.29. The van der Waals surface area contributed by atoms with Gasteiger partial charge in [-0.1, -0.05) is 26.7 Å². The van der Waals surface area contributed by atoms with Crippen LogP contribution in [0.15, 0.2) is 0 Å². The highest BCUT2D eigenvalue weighted by Crippen LogP contribution is 2.25. The number of sulfonamides is 1. The molecule has 0 aromatic rings. The molecule has 5 heteroatoms. The molecule has 0 aliphatic carbocycles. The summed E-state index contributed by atoms with van der Waals surface area (Å²) in [5, 5.41) is 0. The van der Waals surface area contributed by atoms with E-state index in [9.17, 15) is 8.42 Å². The Bertz CT molecular complexity index is 312. The first kappa shape index (κ1) is 14.9. The number of ether oxygens (including phenoxy) is 1. The molecule has 0 saturated carbocycles. The highest BCUT2D eigenvalue weighted by molar-refractivity contribution is 7.89. The van der Waals surface area contributed by atoms with E-state index in [1.807, 2.05) is 0 Å². The summed E-state index contributed by atoms with van der Waals surface area (Å²) >= 11 is 0. The normalized spacial score (nSPS) is 26.4. The molecule has 17 heavy (non-hydrogen) atoms. The Morgan fingerprint density at radius 1 is 1.29 bits per heavy atom. The maximum absolute atomic E-state index is 11.5. The van der Waals surface area contributed by atoms with Crippen LogP contribution in [0.3, 0.4) is 0 Å². The van der Waals surface area contributed by atoms with Crippen LogP contribution in [0.25, 0.3) is 0 Å². The van der Waals surface area contributed by atoms with Crippen molar-refractivity contribution in [3.8, 4) is 0 Å². The van der Waals surface area contributed by atoms with Gasteiger partial charge in [0.1, 0.15) is 0 Å². The van der Waals surface area contributed by atoms with E-state index in [1.54, 1.807) is 6.92 Å². The standard InChI is InChI=1S/C12H25NO3S/c1-4-10(5-2)12-9-11(7-8-16-12)13-17(14,15)6-3/h10-13H,4-9H2,1-3H3. The van der Waals surface area contributed by atoms with Crippen molar-refractivity contribution in [3.63, 3.8) is 0 Å². The molecule has 1 heterocycles. The molecule has 1 aliphatic heterocycles. The largest absolute Gasteiger partial charge is 0.378 e. The third-order valence-corrected chi connectivity index (χ3v) is 5.07. The minimum Gasteiger partial charge on any atom is -0.378 e.